The molecule has 314 valence electrons. The normalized spacial score (nSPS) is 12.1. The van der Waals surface area contributed by atoms with Crippen molar-refractivity contribution in [3.05, 3.63) is 71.8 Å². The first-order chi connectivity index (χ1) is 26.7. The van der Waals surface area contributed by atoms with E-state index in [4.69, 9.17) is 9.98 Å². The molecule has 2 aromatic carbocycles. The molecule has 0 aromatic heterocycles. The van der Waals surface area contributed by atoms with Gasteiger partial charge in [-0.1, -0.05) is 212 Å². The van der Waals surface area contributed by atoms with Gasteiger partial charge < -0.3 is 0 Å². The monoisotopic (exact) mass is 797 g/mol. The number of allylic oxidation sites excluding steroid dienone is 2. The van der Waals surface area contributed by atoms with Crippen LogP contribution in [0.2, 0.25) is 0 Å². The Morgan fingerprint density at radius 2 is 0.745 bits per heavy atom. The van der Waals surface area contributed by atoms with Gasteiger partial charge in [0.25, 0.3) is 0 Å². The van der Waals surface area contributed by atoms with Gasteiger partial charge in [0.2, 0.25) is 0 Å². The van der Waals surface area contributed by atoms with Crippen molar-refractivity contribution in [2.75, 3.05) is 0 Å². The minimum Gasteiger partial charge on any atom is -0.251 e. The molecule has 0 N–H and O–H groups in total. The number of unbranched alkanes of at least 4 members (excludes halogenated alkanes) is 25. The van der Waals surface area contributed by atoms with E-state index in [2.05, 4.69) is 88.4 Å². The van der Waals surface area contributed by atoms with Crippen LogP contribution in [-0.4, -0.2) is 11.4 Å². The van der Waals surface area contributed by atoms with E-state index in [0.29, 0.717) is 0 Å². The number of hydrogen-bond acceptors (Lipinski definition) is 2. The van der Waals surface area contributed by atoms with Gasteiger partial charge >= 0.3 is 0 Å². The molecule has 0 atom stereocenters. The summed E-state index contributed by atoms with van der Waals surface area (Å²) < 4.78 is 0. The average molecular weight is 798 g/mol. The first kappa shape index (κ1) is 51.0. The Balaban J connectivity index is 0.0000151. The van der Waals surface area contributed by atoms with Crippen LogP contribution in [0.5, 0.6) is 0 Å². The molecule has 0 aliphatic rings. The van der Waals surface area contributed by atoms with Crippen LogP contribution in [0.3, 0.4) is 0 Å². The second-order valence-electron chi connectivity index (χ2n) is 16.3. The van der Waals surface area contributed by atoms with Crippen molar-refractivity contribution in [1.29, 1.82) is 0 Å². The summed E-state index contributed by atoms with van der Waals surface area (Å²) in [6, 6.07) is 18.1. The summed E-state index contributed by atoms with van der Waals surface area (Å²) in [6.07, 6.45) is 47.1. The van der Waals surface area contributed by atoms with Crippen LogP contribution in [0.1, 0.15) is 231 Å². The van der Waals surface area contributed by atoms with E-state index in [-0.39, 0.29) is 16.5 Å². The van der Waals surface area contributed by atoms with Crippen LogP contribution in [0.4, 0.5) is 11.4 Å². The number of hydrogen-bond donors (Lipinski definition) is 0. The quantitative estimate of drug-likeness (QED) is 0.0373. The molecule has 55 heavy (non-hydrogen) atoms. The Hall–Kier alpha value is -1.99. The van der Waals surface area contributed by atoms with Gasteiger partial charge in [0.05, 0.1) is 22.8 Å². The number of benzene rings is 2. The minimum absolute atomic E-state index is 0. The van der Waals surface area contributed by atoms with Crippen LogP contribution in [0.15, 0.2) is 70.7 Å². The third kappa shape index (κ3) is 28.1. The van der Waals surface area contributed by atoms with Crippen molar-refractivity contribution in [2.24, 2.45) is 9.98 Å². The smallest absolute Gasteiger partial charge is 0.0848 e. The molecule has 0 aliphatic heterocycles. The number of nitrogens with zero attached hydrogens (tertiary/aromatic N) is 2. The predicted molar refractivity (Wildman–Crippen MR) is 245 cm³/mol. The molecular formula is C52H86N2Ni. The van der Waals surface area contributed by atoms with Gasteiger partial charge in [0.15, 0.2) is 0 Å². The molecule has 0 amide bonds. The van der Waals surface area contributed by atoms with Crippen LogP contribution in [0.25, 0.3) is 0 Å². The summed E-state index contributed by atoms with van der Waals surface area (Å²) in [6.45, 7) is 9.16. The fourth-order valence-corrected chi connectivity index (χ4v) is 7.42. The molecule has 0 fully saturated rings. The Kier molecular flexibility index (Phi) is 34.9. The third-order valence-electron chi connectivity index (χ3n) is 11.1. The van der Waals surface area contributed by atoms with E-state index >= 15 is 0 Å². The first-order valence-electron chi connectivity index (χ1n) is 23.7. The van der Waals surface area contributed by atoms with Gasteiger partial charge in [0, 0.05) is 16.5 Å². The van der Waals surface area contributed by atoms with E-state index in [9.17, 15) is 0 Å². The van der Waals surface area contributed by atoms with E-state index in [1.54, 1.807) is 0 Å². The van der Waals surface area contributed by atoms with Gasteiger partial charge in [0.1, 0.15) is 0 Å². The minimum atomic E-state index is 0. The number of aliphatic imine (C=N–C) groups is 2. The molecule has 2 nitrogen and oxygen atoms in total. The van der Waals surface area contributed by atoms with Crippen molar-refractivity contribution in [1.82, 2.24) is 0 Å². The number of aryl methyl sites for hydroxylation is 2. The van der Waals surface area contributed by atoms with Crippen molar-refractivity contribution < 1.29 is 16.5 Å². The summed E-state index contributed by atoms with van der Waals surface area (Å²) in [5.74, 6) is 0. The van der Waals surface area contributed by atoms with E-state index in [1.807, 2.05) is 0 Å². The standard InChI is InChI=1S/C52H86N2.Ni/c1-5-9-13-16-19-21-23-25-27-29-32-35-47-39-43-49(44-40-47)53-51(37-12-8-4)52(38-34-31-18-15-11-7-3)54-50-45-41-48(42-46-50)36-33-30-28-26-24-22-20-17-14-10-6-2;/h34,38-46H,5-33,35-37H2,1-4H3;/b38-34+,53-51+,54-52+;. The Morgan fingerprint density at radius 3 is 1.15 bits per heavy atom. The zero-order chi connectivity index (χ0) is 38.6. The summed E-state index contributed by atoms with van der Waals surface area (Å²) in [5, 5.41) is 0. The molecule has 3 heteroatoms. The van der Waals surface area contributed by atoms with Crippen molar-refractivity contribution in [2.45, 2.75) is 233 Å². The van der Waals surface area contributed by atoms with Crippen LogP contribution in [-0.2, 0) is 29.3 Å². The zero-order valence-electron chi connectivity index (χ0n) is 36.6. The molecule has 0 heterocycles. The second-order valence-corrected chi connectivity index (χ2v) is 16.3. The molecule has 2 rings (SSSR count). The largest absolute Gasteiger partial charge is 0.251 e. The van der Waals surface area contributed by atoms with Gasteiger partial charge in [-0.2, -0.15) is 0 Å². The maximum atomic E-state index is 5.27. The SMILES string of the molecule is CCCCCC/C=C/C(=N\c1ccc(CCCCCCCCCCCCC)cc1)C(/CCCC)=N/c1ccc(CCCCCCCCCCCCC)cc1.[Ni]. The van der Waals surface area contributed by atoms with E-state index in [1.165, 1.54) is 191 Å². The zero-order valence-corrected chi connectivity index (χ0v) is 37.6. The summed E-state index contributed by atoms with van der Waals surface area (Å²) in [7, 11) is 0. The Labute approximate surface area is 352 Å². The summed E-state index contributed by atoms with van der Waals surface area (Å²) in [5.41, 5.74) is 7.11. The van der Waals surface area contributed by atoms with E-state index in [0.717, 1.165) is 48.5 Å². The van der Waals surface area contributed by atoms with Gasteiger partial charge in [-0.15, -0.1) is 0 Å². The second kappa shape index (κ2) is 37.6. The molecule has 0 radical (unpaired) electrons. The molecule has 0 spiro atoms. The Bertz CT molecular complexity index is 1210. The fourth-order valence-electron chi connectivity index (χ4n) is 7.42. The van der Waals surface area contributed by atoms with Gasteiger partial charge in [-0.3, -0.25) is 4.99 Å². The van der Waals surface area contributed by atoms with Crippen molar-refractivity contribution in [3.8, 4) is 0 Å². The predicted octanol–water partition coefficient (Wildman–Crippen LogP) is 18.0. The van der Waals surface area contributed by atoms with Crippen LogP contribution < -0.4 is 0 Å². The molecular weight excluding hydrogens is 711 g/mol. The molecule has 0 bridgehead atoms. The average Bonchev–Trinajstić information content (AvgIpc) is 3.19. The molecule has 0 aliphatic carbocycles. The van der Waals surface area contributed by atoms with Crippen molar-refractivity contribution >= 4 is 22.8 Å². The van der Waals surface area contributed by atoms with Crippen molar-refractivity contribution in [3.63, 3.8) is 0 Å². The third-order valence-corrected chi connectivity index (χ3v) is 11.1. The maximum Gasteiger partial charge on any atom is 0.0848 e. The van der Waals surface area contributed by atoms with Gasteiger partial charge in [-0.25, -0.2) is 4.99 Å². The molecule has 0 saturated heterocycles. The summed E-state index contributed by atoms with van der Waals surface area (Å²) >= 11 is 0. The summed E-state index contributed by atoms with van der Waals surface area (Å²) in [4.78, 5) is 10.5. The van der Waals surface area contributed by atoms with Gasteiger partial charge in [-0.05, 0) is 92.8 Å². The molecule has 0 unspecified atom stereocenters. The maximum absolute atomic E-state index is 5.27. The van der Waals surface area contributed by atoms with Crippen LogP contribution in [0, 0.1) is 0 Å². The Morgan fingerprint density at radius 1 is 0.400 bits per heavy atom. The molecule has 0 saturated carbocycles. The van der Waals surface area contributed by atoms with Crippen LogP contribution >= 0.6 is 0 Å². The number of rotatable bonds is 36. The van der Waals surface area contributed by atoms with E-state index < -0.39 is 0 Å². The fraction of sp³-hybridized carbons (Fsp3) is 0.692. The first-order valence-corrected chi connectivity index (χ1v) is 23.7. The topological polar surface area (TPSA) is 24.7 Å². The molecule has 2 aromatic rings.